The van der Waals surface area contributed by atoms with E-state index >= 15 is 0 Å². The highest BCUT2D eigenvalue weighted by Gasteiger charge is 2.25. The van der Waals surface area contributed by atoms with Gasteiger partial charge in [-0.2, -0.15) is 0 Å². The molecule has 1 atom stereocenters. The molecule has 0 aliphatic heterocycles. The van der Waals surface area contributed by atoms with Crippen LogP contribution in [0, 0.1) is 5.92 Å². The Balaban J connectivity index is 2.11. The molecule has 0 saturated heterocycles. The molecule has 2 amide bonds. The van der Waals surface area contributed by atoms with Crippen molar-refractivity contribution in [2.24, 2.45) is 5.92 Å². The molecule has 0 saturated carbocycles. The Labute approximate surface area is 146 Å². The third-order valence-corrected chi connectivity index (χ3v) is 4.42. The second-order valence-electron chi connectivity index (χ2n) is 5.75. The number of hydrogen-bond acceptors (Lipinski definition) is 4. The van der Waals surface area contributed by atoms with Gasteiger partial charge in [-0.05, 0) is 23.4 Å². The summed E-state index contributed by atoms with van der Waals surface area (Å²) in [6, 6.07) is 10.4. The molecule has 0 radical (unpaired) electrons. The van der Waals surface area contributed by atoms with Crippen LogP contribution in [0.3, 0.4) is 0 Å². The summed E-state index contributed by atoms with van der Waals surface area (Å²) in [5.41, 5.74) is 1.58. The summed E-state index contributed by atoms with van der Waals surface area (Å²) in [6.45, 7) is 4.21. The van der Waals surface area contributed by atoms with Crippen LogP contribution in [0.15, 0.2) is 41.8 Å². The normalized spacial score (nSPS) is 12.0. The van der Waals surface area contributed by atoms with Crippen LogP contribution in [0.1, 0.15) is 29.1 Å². The summed E-state index contributed by atoms with van der Waals surface area (Å²) in [6.07, 6.45) is 0. The Morgan fingerprint density at radius 2 is 1.92 bits per heavy atom. The molecule has 0 unspecified atom stereocenters. The second-order valence-corrected chi connectivity index (χ2v) is 6.70. The van der Waals surface area contributed by atoms with Crippen LogP contribution < -0.4 is 10.6 Å². The van der Waals surface area contributed by atoms with Gasteiger partial charge in [-0.25, -0.2) is 0 Å². The molecular formula is C18H22N2O3S. The Kier molecular flexibility index (Phi) is 6.52. The SMILES string of the molecule is COCc1ccccc1NC(=O)[C@H](NC(=O)c1cccs1)C(C)C. The first-order valence-corrected chi connectivity index (χ1v) is 8.63. The van der Waals surface area contributed by atoms with Crippen molar-refractivity contribution in [3.8, 4) is 0 Å². The third-order valence-electron chi connectivity index (χ3n) is 3.56. The lowest BCUT2D eigenvalue weighted by molar-refractivity contribution is -0.118. The van der Waals surface area contributed by atoms with Crippen molar-refractivity contribution in [3.63, 3.8) is 0 Å². The molecule has 1 aromatic heterocycles. The Bertz CT molecular complexity index is 683. The van der Waals surface area contributed by atoms with Crippen LogP contribution in [0.4, 0.5) is 5.69 Å². The van der Waals surface area contributed by atoms with E-state index < -0.39 is 6.04 Å². The van der Waals surface area contributed by atoms with E-state index in [4.69, 9.17) is 4.74 Å². The molecule has 6 heteroatoms. The number of nitrogens with one attached hydrogen (secondary N) is 2. The average Bonchev–Trinajstić information content (AvgIpc) is 3.08. The number of hydrogen-bond donors (Lipinski definition) is 2. The zero-order chi connectivity index (χ0) is 17.5. The summed E-state index contributed by atoms with van der Waals surface area (Å²) in [5, 5.41) is 7.55. The van der Waals surface area contributed by atoms with E-state index in [1.54, 1.807) is 13.2 Å². The lowest BCUT2D eigenvalue weighted by Crippen LogP contribution is -2.47. The number of ether oxygens (including phenoxy) is 1. The number of methoxy groups -OCH3 is 1. The van der Waals surface area contributed by atoms with Crippen molar-refractivity contribution in [3.05, 3.63) is 52.2 Å². The van der Waals surface area contributed by atoms with Crippen LogP contribution in [-0.4, -0.2) is 25.0 Å². The number of amides is 2. The van der Waals surface area contributed by atoms with Gasteiger partial charge in [0.05, 0.1) is 11.5 Å². The van der Waals surface area contributed by atoms with Gasteiger partial charge in [0, 0.05) is 18.4 Å². The van der Waals surface area contributed by atoms with Gasteiger partial charge in [0.15, 0.2) is 0 Å². The molecule has 1 heterocycles. The molecule has 0 fully saturated rings. The fourth-order valence-electron chi connectivity index (χ4n) is 2.29. The van der Waals surface area contributed by atoms with E-state index in [1.165, 1.54) is 11.3 Å². The van der Waals surface area contributed by atoms with Gasteiger partial charge in [0.2, 0.25) is 5.91 Å². The van der Waals surface area contributed by atoms with Gasteiger partial charge in [-0.3, -0.25) is 9.59 Å². The molecule has 5 nitrogen and oxygen atoms in total. The van der Waals surface area contributed by atoms with Crippen LogP contribution in [0.2, 0.25) is 0 Å². The minimum Gasteiger partial charge on any atom is -0.380 e. The monoisotopic (exact) mass is 346 g/mol. The quantitative estimate of drug-likeness (QED) is 0.808. The molecule has 2 aromatic rings. The van der Waals surface area contributed by atoms with Gasteiger partial charge >= 0.3 is 0 Å². The molecule has 2 rings (SSSR count). The van der Waals surface area contributed by atoms with Gasteiger partial charge in [-0.1, -0.05) is 38.1 Å². The minimum atomic E-state index is -0.616. The number of thiophene rings is 1. The van der Waals surface area contributed by atoms with Gasteiger partial charge in [0.1, 0.15) is 6.04 Å². The summed E-state index contributed by atoms with van der Waals surface area (Å²) >= 11 is 1.35. The number of rotatable bonds is 7. The van der Waals surface area contributed by atoms with Gasteiger partial charge in [0.25, 0.3) is 5.91 Å². The smallest absolute Gasteiger partial charge is 0.262 e. The molecule has 0 aliphatic rings. The number of para-hydroxylation sites is 1. The maximum absolute atomic E-state index is 12.7. The lowest BCUT2D eigenvalue weighted by Gasteiger charge is -2.22. The Morgan fingerprint density at radius 3 is 2.54 bits per heavy atom. The first kappa shape index (κ1) is 18.2. The number of carbonyl (C=O) groups is 2. The molecule has 0 aliphatic carbocycles. The molecule has 24 heavy (non-hydrogen) atoms. The maximum atomic E-state index is 12.7. The van der Waals surface area contributed by atoms with E-state index in [9.17, 15) is 9.59 Å². The highest BCUT2D eigenvalue weighted by Crippen LogP contribution is 2.17. The zero-order valence-corrected chi connectivity index (χ0v) is 14.9. The predicted octanol–water partition coefficient (Wildman–Crippen LogP) is 3.29. The van der Waals surface area contributed by atoms with Crippen molar-refractivity contribution in [1.82, 2.24) is 5.32 Å². The predicted molar refractivity (Wildman–Crippen MR) is 96.2 cm³/mol. The molecule has 0 spiro atoms. The first-order chi connectivity index (χ1) is 11.5. The van der Waals surface area contributed by atoms with Crippen LogP contribution in [-0.2, 0) is 16.1 Å². The van der Waals surface area contributed by atoms with Crippen LogP contribution >= 0.6 is 11.3 Å². The topological polar surface area (TPSA) is 67.4 Å². The summed E-state index contributed by atoms with van der Waals surface area (Å²) in [4.78, 5) is 25.5. The van der Waals surface area contributed by atoms with Crippen LogP contribution in [0.25, 0.3) is 0 Å². The minimum absolute atomic E-state index is 0.0384. The van der Waals surface area contributed by atoms with E-state index in [2.05, 4.69) is 10.6 Å². The Hall–Kier alpha value is -2.18. The highest BCUT2D eigenvalue weighted by atomic mass is 32.1. The molecular weight excluding hydrogens is 324 g/mol. The fraction of sp³-hybridized carbons (Fsp3) is 0.333. The first-order valence-electron chi connectivity index (χ1n) is 7.75. The van der Waals surface area contributed by atoms with Crippen molar-refractivity contribution in [2.45, 2.75) is 26.5 Å². The summed E-state index contributed by atoms with van der Waals surface area (Å²) < 4.78 is 5.15. The van der Waals surface area contributed by atoms with E-state index in [0.717, 1.165) is 5.56 Å². The Morgan fingerprint density at radius 1 is 1.17 bits per heavy atom. The molecule has 2 N–H and O–H groups in total. The van der Waals surface area contributed by atoms with E-state index in [-0.39, 0.29) is 17.7 Å². The van der Waals surface area contributed by atoms with Crippen molar-refractivity contribution < 1.29 is 14.3 Å². The largest absolute Gasteiger partial charge is 0.380 e. The number of anilines is 1. The molecule has 1 aromatic carbocycles. The highest BCUT2D eigenvalue weighted by molar-refractivity contribution is 7.12. The lowest BCUT2D eigenvalue weighted by atomic mass is 10.0. The molecule has 128 valence electrons. The summed E-state index contributed by atoms with van der Waals surface area (Å²) in [5.74, 6) is -0.508. The standard InChI is InChI=1S/C18H22N2O3S/c1-12(2)16(20-17(21)15-9-6-10-24-15)18(22)19-14-8-5-4-7-13(14)11-23-3/h4-10,12,16H,11H2,1-3H3,(H,19,22)(H,20,21)/t16-/m1/s1. The van der Waals surface area contributed by atoms with Crippen molar-refractivity contribution in [2.75, 3.05) is 12.4 Å². The number of carbonyl (C=O) groups excluding carboxylic acids is 2. The van der Waals surface area contributed by atoms with E-state index in [0.29, 0.717) is 17.2 Å². The van der Waals surface area contributed by atoms with Gasteiger partial charge < -0.3 is 15.4 Å². The van der Waals surface area contributed by atoms with Crippen molar-refractivity contribution >= 4 is 28.8 Å². The fourth-order valence-corrected chi connectivity index (χ4v) is 2.92. The average molecular weight is 346 g/mol. The number of benzene rings is 1. The van der Waals surface area contributed by atoms with Gasteiger partial charge in [-0.15, -0.1) is 11.3 Å². The van der Waals surface area contributed by atoms with Crippen LogP contribution in [0.5, 0.6) is 0 Å². The summed E-state index contributed by atoms with van der Waals surface area (Å²) in [7, 11) is 1.61. The second kappa shape index (κ2) is 8.61. The third kappa shape index (κ3) is 4.66. The van der Waals surface area contributed by atoms with E-state index in [1.807, 2.05) is 49.6 Å². The zero-order valence-electron chi connectivity index (χ0n) is 14.0. The maximum Gasteiger partial charge on any atom is 0.262 e. The molecule has 0 bridgehead atoms. The van der Waals surface area contributed by atoms with Crippen molar-refractivity contribution in [1.29, 1.82) is 0 Å².